The molecule has 0 aromatic heterocycles. The predicted octanol–water partition coefficient (Wildman–Crippen LogP) is 2.58. The van der Waals surface area contributed by atoms with Crippen LogP contribution in [0.3, 0.4) is 0 Å². The Kier molecular flexibility index (Phi) is 3.07. The number of anilines is 1. The second-order valence-corrected chi connectivity index (χ2v) is 6.00. The molecule has 3 rings (SSSR count). The molecule has 1 unspecified atom stereocenters. The van der Waals surface area contributed by atoms with Gasteiger partial charge in [-0.25, -0.2) is 0 Å². The SMILES string of the molecule is Ic1cccc(N2CCN3CCCC3C2)c1. The number of rotatable bonds is 1. The van der Waals surface area contributed by atoms with E-state index in [-0.39, 0.29) is 0 Å². The molecule has 0 aliphatic carbocycles. The zero-order valence-corrected chi connectivity index (χ0v) is 11.6. The lowest BCUT2D eigenvalue weighted by Gasteiger charge is -2.38. The third-order valence-corrected chi connectivity index (χ3v) is 4.43. The van der Waals surface area contributed by atoms with Crippen LogP contribution in [0.25, 0.3) is 0 Å². The summed E-state index contributed by atoms with van der Waals surface area (Å²) in [6, 6.07) is 9.68. The van der Waals surface area contributed by atoms with Gasteiger partial charge in [0.25, 0.3) is 0 Å². The summed E-state index contributed by atoms with van der Waals surface area (Å²) in [7, 11) is 0. The van der Waals surface area contributed by atoms with Gasteiger partial charge in [-0.05, 0) is 60.2 Å². The molecular formula is C13H17IN2. The topological polar surface area (TPSA) is 6.48 Å². The van der Waals surface area contributed by atoms with Gasteiger partial charge in [-0.2, -0.15) is 0 Å². The highest BCUT2D eigenvalue weighted by Gasteiger charge is 2.30. The molecule has 2 saturated heterocycles. The second kappa shape index (κ2) is 4.53. The predicted molar refractivity (Wildman–Crippen MR) is 76.0 cm³/mol. The van der Waals surface area contributed by atoms with Crippen molar-refractivity contribution >= 4 is 28.3 Å². The minimum Gasteiger partial charge on any atom is -0.369 e. The van der Waals surface area contributed by atoms with Gasteiger partial charge in [0.15, 0.2) is 0 Å². The largest absolute Gasteiger partial charge is 0.369 e. The van der Waals surface area contributed by atoms with Crippen molar-refractivity contribution in [2.75, 3.05) is 31.1 Å². The molecule has 0 saturated carbocycles. The standard InChI is InChI=1S/C13H17IN2/c14-11-3-1-4-12(9-11)16-8-7-15-6-2-5-13(15)10-16/h1,3-4,9,13H,2,5-8,10H2. The summed E-state index contributed by atoms with van der Waals surface area (Å²) in [4.78, 5) is 5.21. The van der Waals surface area contributed by atoms with E-state index in [0.717, 1.165) is 6.04 Å². The van der Waals surface area contributed by atoms with Crippen LogP contribution in [0.5, 0.6) is 0 Å². The van der Waals surface area contributed by atoms with Crippen molar-refractivity contribution in [2.24, 2.45) is 0 Å². The lowest BCUT2D eigenvalue weighted by atomic mass is 10.1. The summed E-state index contributed by atoms with van der Waals surface area (Å²) in [5.41, 5.74) is 1.40. The van der Waals surface area contributed by atoms with E-state index in [9.17, 15) is 0 Å². The summed E-state index contributed by atoms with van der Waals surface area (Å²) < 4.78 is 1.34. The third kappa shape index (κ3) is 2.07. The summed E-state index contributed by atoms with van der Waals surface area (Å²) in [6.07, 6.45) is 2.78. The molecule has 0 N–H and O–H groups in total. The highest BCUT2D eigenvalue weighted by atomic mass is 127. The average Bonchev–Trinajstić information content (AvgIpc) is 2.75. The maximum absolute atomic E-state index is 2.66. The molecule has 2 aliphatic rings. The summed E-state index contributed by atoms with van der Waals surface area (Å²) in [6.45, 7) is 4.98. The van der Waals surface area contributed by atoms with Crippen LogP contribution in [0.4, 0.5) is 5.69 Å². The van der Waals surface area contributed by atoms with Crippen molar-refractivity contribution in [1.82, 2.24) is 4.90 Å². The Labute approximate surface area is 111 Å². The first-order valence-electron chi connectivity index (χ1n) is 6.07. The third-order valence-electron chi connectivity index (χ3n) is 3.76. The highest BCUT2D eigenvalue weighted by Crippen LogP contribution is 2.26. The van der Waals surface area contributed by atoms with E-state index in [1.165, 1.54) is 48.3 Å². The molecule has 86 valence electrons. The van der Waals surface area contributed by atoms with Crippen LogP contribution in [0.1, 0.15) is 12.8 Å². The summed E-state index contributed by atoms with van der Waals surface area (Å²) in [5.74, 6) is 0. The quantitative estimate of drug-likeness (QED) is 0.731. The number of piperazine rings is 1. The lowest BCUT2D eigenvalue weighted by Crippen LogP contribution is -2.50. The Balaban J connectivity index is 1.76. The molecule has 0 amide bonds. The molecular weight excluding hydrogens is 311 g/mol. The van der Waals surface area contributed by atoms with Crippen molar-refractivity contribution in [3.8, 4) is 0 Å². The number of fused-ring (bicyclic) bond motifs is 1. The zero-order valence-electron chi connectivity index (χ0n) is 9.40. The van der Waals surface area contributed by atoms with E-state index in [0.29, 0.717) is 0 Å². The van der Waals surface area contributed by atoms with E-state index in [4.69, 9.17) is 0 Å². The van der Waals surface area contributed by atoms with Crippen molar-refractivity contribution < 1.29 is 0 Å². The van der Waals surface area contributed by atoms with Crippen LogP contribution >= 0.6 is 22.6 Å². The summed E-state index contributed by atoms with van der Waals surface area (Å²) in [5, 5.41) is 0. The van der Waals surface area contributed by atoms with Crippen molar-refractivity contribution in [1.29, 1.82) is 0 Å². The van der Waals surface area contributed by atoms with Crippen molar-refractivity contribution in [2.45, 2.75) is 18.9 Å². The Morgan fingerprint density at radius 2 is 2.12 bits per heavy atom. The monoisotopic (exact) mass is 328 g/mol. The first-order valence-corrected chi connectivity index (χ1v) is 7.15. The minimum atomic E-state index is 0.812. The average molecular weight is 328 g/mol. The molecule has 1 aromatic carbocycles. The van der Waals surface area contributed by atoms with Gasteiger partial charge in [0.2, 0.25) is 0 Å². The fraction of sp³-hybridized carbons (Fsp3) is 0.538. The molecule has 2 fully saturated rings. The molecule has 2 aliphatic heterocycles. The number of halogens is 1. The molecule has 0 radical (unpaired) electrons. The van der Waals surface area contributed by atoms with E-state index in [1.807, 2.05) is 0 Å². The Morgan fingerprint density at radius 1 is 1.19 bits per heavy atom. The number of hydrogen-bond acceptors (Lipinski definition) is 2. The number of benzene rings is 1. The summed E-state index contributed by atoms with van der Waals surface area (Å²) >= 11 is 2.40. The maximum Gasteiger partial charge on any atom is 0.0377 e. The first kappa shape index (κ1) is 10.8. The van der Waals surface area contributed by atoms with E-state index in [2.05, 4.69) is 56.7 Å². The molecule has 16 heavy (non-hydrogen) atoms. The van der Waals surface area contributed by atoms with Gasteiger partial charge in [-0.1, -0.05) is 6.07 Å². The first-order chi connectivity index (χ1) is 7.83. The van der Waals surface area contributed by atoms with Crippen LogP contribution in [-0.2, 0) is 0 Å². The fourth-order valence-electron chi connectivity index (χ4n) is 2.90. The Bertz CT molecular complexity index is 380. The number of hydrogen-bond donors (Lipinski definition) is 0. The molecule has 0 spiro atoms. The van der Waals surface area contributed by atoms with E-state index in [1.54, 1.807) is 0 Å². The smallest absolute Gasteiger partial charge is 0.0377 e. The highest BCUT2D eigenvalue weighted by molar-refractivity contribution is 14.1. The molecule has 2 nitrogen and oxygen atoms in total. The molecule has 1 atom stereocenters. The van der Waals surface area contributed by atoms with Crippen LogP contribution in [-0.4, -0.2) is 37.1 Å². The normalized spacial score (nSPS) is 25.8. The number of nitrogens with zero attached hydrogens (tertiary/aromatic N) is 2. The van der Waals surface area contributed by atoms with Crippen LogP contribution < -0.4 is 4.90 Å². The van der Waals surface area contributed by atoms with Crippen molar-refractivity contribution in [3.63, 3.8) is 0 Å². The Morgan fingerprint density at radius 3 is 3.00 bits per heavy atom. The maximum atomic E-state index is 2.66. The molecule has 2 heterocycles. The zero-order chi connectivity index (χ0) is 11.0. The van der Waals surface area contributed by atoms with Gasteiger partial charge in [-0.3, -0.25) is 4.90 Å². The minimum absolute atomic E-state index is 0.812. The van der Waals surface area contributed by atoms with E-state index < -0.39 is 0 Å². The van der Waals surface area contributed by atoms with Crippen LogP contribution in [0.2, 0.25) is 0 Å². The second-order valence-electron chi connectivity index (χ2n) is 4.76. The van der Waals surface area contributed by atoms with Gasteiger partial charge in [0.05, 0.1) is 0 Å². The molecule has 1 aromatic rings. The van der Waals surface area contributed by atoms with E-state index >= 15 is 0 Å². The lowest BCUT2D eigenvalue weighted by molar-refractivity contribution is 0.231. The van der Waals surface area contributed by atoms with Crippen LogP contribution in [0.15, 0.2) is 24.3 Å². The molecule has 3 heteroatoms. The fourth-order valence-corrected chi connectivity index (χ4v) is 3.43. The van der Waals surface area contributed by atoms with Crippen molar-refractivity contribution in [3.05, 3.63) is 27.8 Å². The molecule has 0 bridgehead atoms. The van der Waals surface area contributed by atoms with Gasteiger partial charge >= 0.3 is 0 Å². The van der Waals surface area contributed by atoms with Gasteiger partial charge in [-0.15, -0.1) is 0 Å². The van der Waals surface area contributed by atoms with Crippen LogP contribution in [0, 0.1) is 3.57 Å². The van der Waals surface area contributed by atoms with Gasteiger partial charge < -0.3 is 4.90 Å². The van der Waals surface area contributed by atoms with Gasteiger partial charge in [0, 0.05) is 34.9 Å². The Hall–Kier alpha value is -0.290. The van der Waals surface area contributed by atoms with Gasteiger partial charge in [0.1, 0.15) is 0 Å².